The van der Waals surface area contributed by atoms with Gasteiger partial charge in [-0.05, 0) is 48.0 Å². The summed E-state index contributed by atoms with van der Waals surface area (Å²) < 4.78 is 5.86. The van der Waals surface area contributed by atoms with Gasteiger partial charge >= 0.3 is 0 Å². The zero-order chi connectivity index (χ0) is 20.8. The van der Waals surface area contributed by atoms with Crippen LogP contribution in [0.2, 0.25) is 0 Å². The third-order valence-corrected chi connectivity index (χ3v) is 4.23. The Balaban J connectivity index is 1.85. The molecule has 0 unspecified atom stereocenters. The van der Waals surface area contributed by atoms with Crippen LogP contribution < -0.4 is 10.6 Å². The van der Waals surface area contributed by atoms with Crippen molar-refractivity contribution in [3.63, 3.8) is 0 Å². The monoisotopic (exact) mass is 455 g/mol. The van der Waals surface area contributed by atoms with Crippen LogP contribution in [0.5, 0.6) is 0 Å². The second-order valence-electron chi connectivity index (χ2n) is 5.80. The molecule has 2 amide bonds. The highest BCUT2D eigenvalue weighted by atomic mass is 79.9. The van der Waals surface area contributed by atoms with Crippen LogP contribution in [0.3, 0.4) is 0 Å². The van der Waals surface area contributed by atoms with Gasteiger partial charge in [-0.15, -0.1) is 0 Å². The van der Waals surface area contributed by atoms with Crippen LogP contribution in [0.25, 0.3) is 6.08 Å². The van der Waals surface area contributed by atoms with E-state index in [1.54, 1.807) is 24.3 Å². The molecule has 9 heteroatoms. The van der Waals surface area contributed by atoms with Crippen LogP contribution in [0, 0.1) is 10.1 Å². The van der Waals surface area contributed by atoms with Gasteiger partial charge in [-0.3, -0.25) is 19.7 Å². The van der Waals surface area contributed by atoms with E-state index in [4.69, 9.17) is 4.42 Å². The standard InChI is InChI=1S/C20H14BrN3O5/c21-14-4-1-3-13(11-14)12-17(23-20(26)18-5-2-10-29-18)19(25)22-15-6-8-16(9-7-15)24(27)28/h1-12H,(H,22,25)(H,23,26)/b17-12+. The van der Waals surface area contributed by atoms with Crippen molar-refractivity contribution in [1.82, 2.24) is 5.32 Å². The quantitative estimate of drug-likeness (QED) is 0.325. The largest absolute Gasteiger partial charge is 0.459 e. The fraction of sp³-hybridized carbons (Fsp3) is 0. The minimum atomic E-state index is -0.598. The number of halogens is 1. The number of carbonyl (C=O) groups excluding carboxylic acids is 2. The Morgan fingerprint density at radius 1 is 1.07 bits per heavy atom. The van der Waals surface area contributed by atoms with Gasteiger partial charge in [0.05, 0.1) is 11.2 Å². The van der Waals surface area contributed by atoms with E-state index in [-0.39, 0.29) is 17.1 Å². The van der Waals surface area contributed by atoms with Crippen molar-refractivity contribution in [2.75, 3.05) is 5.32 Å². The molecule has 0 saturated carbocycles. The first kappa shape index (κ1) is 20.0. The van der Waals surface area contributed by atoms with Crippen LogP contribution in [0.1, 0.15) is 16.1 Å². The highest BCUT2D eigenvalue weighted by Crippen LogP contribution is 2.18. The summed E-state index contributed by atoms with van der Waals surface area (Å²) in [6.07, 6.45) is 2.86. The highest BCUT2D eigenvalue weighted by molar-refractivity contribution is 9.10. The number of nitro benzene ring substituents is 1. The molecule has 3 rings (SSSR count). The number of nitro groups is 1. The summed E-state index contributed by atoms with van der Waals surface area (Å²) in [5, 5.41) is 15.9. The second-order valence-corrected chi connectivity index (χ2v) is 6.72. The zero-order valence-corrected chi connectivity index (χ0v) is 16.4. The van der Waals surface area contributed by atoms with Crippen molar-refractivity contribution < 1.29 is 18.9 Å². The lowest BCUT2D eigenvalue weighted by molar-refractivity contribution is -0.384. The molecule has 8 nitrogen and oxygen atoms in total. The number of anilines is 1. The van der Waals surface area contributed by atoms with Gasteiger partial charge in [0.25, 0.3) is 17.5 Å². The fourth-order valence-electron chi connectivity index (χ4n) is 2.38. The smallest absolute Gasteiger partial charge is 0.291 e. The van der Waals surface area contributed by atoms with E-state index in [1.165, 1.54) is 42.7 Å². The summed E-state index contributed by atoms with van der Waals surface area (Å²) in [7, 11) is 0. The average molecular weight is 456 g/mol. The lowest BCUT2D eigenvalue weighted by Gasteiger charge is -2.10. The maximum Gasteiger partial charge on any atom is 0.291 e. The van der Waals surface area contributed by atoms with Gasteiger partial charge in [0, 0.05) is 22.3 Å². The molecular formula is C20H14BrN3O5. The molecule has 0 bridgehead atoms. The third kappa shape index (κ3) is 5.39. The maximum absolute atomic E-state index is 12.8. The Labute approximate surface area is 173 Å². The summed E-state index contributed by atoms with van der Waals surface area (Å²) in [6, 6.07) is 15.5. The minimum absolute atomic E-state index is 0.0251. The van der Waals surface area contributed by atoms with Gasteiger partial charge in [-0.2, -0.15) is 0 Å². The molecule has 1 heterocycles. The van der Waals surface area contributed by atoms with Crippen LogP contribution in [0.4, 0.5) is 11.4 Å². The van der Waals surface area contributed by atoms with Crippen molar-refractivity contribution in [3.05, 3.63) is 98.5 Å². The summed E-state index contributed by atoms with van der Waals surface area (Å²) in [5.74, 6) is -1.14. The van der Waals surface area contributed by atoms with Crippen molar-refractivity contribution in [1.29, 1.82) is 0 Å². The van der Waals surface area contributed by atoms with Crippen molar-refractivity contribution in [2.24, 2.45) is 0 Å². The molecule has 1 aromatic heterocycles. The first-order valence-electron chi connectivity index (χ1n) is 8.30. The summed E-state index contributed by atoms with van der Waals surface area (Å²) in [6.45, 7) is 0. The number of benzene rings is 2. The molecule has 2 aromatic carbocycles. The van der Waals surface area contributed by atoms with E-state index in [9.17, 15) is 19.7 Å². The molecule has 3 aromatic rings. The summed E-state index contributed by atoms with van der Waals surface area (Å²) in [4.78, 5) is 35.3. The number of rotatable bonds is 6. The molecule has 146 valence electrons. The van der Waals surface area contributed by atoms with E-state index >= 15 is 0 Å². The molecule has 0 aliphatic heterocycles. The first-order chi connectivity index (χ1) is 13.9. The Kier molecular flexibility index (Phi) is 6.20. The molecule has 0 atom stereocenters. The fourth-order valence-corrected chi connectivity index (χ4v) is 2.79. The number of amides is 2. The molecule has 2 N–H and O–H groups in total. The third-order valence-electron chi connectivity index (χ3n) is 3.73. The van der Waals surface area contributed by atoms with Crippen LogP contribution in [0.15, 0.2) is 81.5 Å². The van der Waals surface area contributed by atoms with Crippen LogP contribution in [-0.4, -0.2) is 16.7 Å². The van der Waals surface area contributed by atoms with E-state index in [1.807, 2.05) is 6.07 Å². The van der Waals surface area contributed by atoms with Gasteiger partial charge in [0.1, 0.15) is 5.70 Å². The molecule has 29 heavy (non-hydrogen) atoms. The summed E-state index contributed by atoms with van der Waals surface area (Å²) in [5.41, 5.74) is 0.892. The number of non-ortho nitro benzene ring substituents is 1. The number of hydrogen-bond acceptors (Lipinski definition) is 5. The molecule has 0 aliphatic rings. The topological polar surface area (TPSA) is 114 Å². The Hall–Kier alpha value is -3.72. The van der Waals surface area contributed by atoms with Crippen LogP contribution >= 0.6 is 15.9 Å². The SMILES string of the molecule is O=C(Nc1ccc([N+](=O)[O-])cc1)/C(=C\c1cccc(Br)c1)NC(=O)c1ccco1. The lowest BCUT2D eigenvalue weighted by Crippen LogP contribution is -2.30. The normalized spacial score (nSPS) is 11.0. The molecule has 0 fully saturated rings. The Bertz CT molecular complexity index is 1080. The van der Waals surface area contributed by atoms with E-state index in [2.05, 4.69) is 26.6 Å². The number of furan rings is 1. The summed E-state index contributed by atoms with van der Waals surface area (Å²) >= 11 is 3.36. The van der Waals surface area contributed by atoms with Crippen LogP contribution in [-0.2, 0) is 4.79 Å². The maximum atomic E-state index is 12.8. The molecular weight excluding hydrogens is 442 g/mol. The predicted molar refractivity (Wildman–Crippen MR) is 110 cm³/mol. The molecule has 0 radical (unpaired) electrons. The second kappa shape index (κ2) is 8.98. The number of hydrogen-bond donors (Lipinski definition) is 2. The Morgan fingerprint density at radius 3 is 2.45 bits per heavy atom. The predicted octanol–water partition coefficient (Wildman–Crippen LogP) is 4.36. The van der Waals surface area contributed by atoms with Gasteiger partial charge < -0.3 is 15.1 Å². The van der Waals surface area contributed by atoms with Gasteiger partial charge in [-0.1, -0.05) is 28.1 Å². The van der Waals surface area contributed by atoms with E-state index in [0.29, 0.717) is 11.3 Å². The lowest BCUT2D eigenvalue weighted by atomic mass is 10.2. The zero-order valence-electron chi connectivity index (χ0n) is 14.8. The Morgan fingerprint density at radius 2 is 1.83 bits per heavy atom. The molecule has 0 spiro atoms. The number of nitrogens with one attached hydrogen (secondary N) is 2. The average Bonchev–Trinajstić information content (AvgIpc) is 3.23. The van der Waals surface area contributed by atoms with Crippen molar-refractivity contribution >= 4 is 45.2 Å². The van der Waals surface area contributed by atoms with Gasteiger partial charge in [0.15, 0.2) is 5.76 Å². The van der Waals surface area contributed by atoms with E-state index in [0.717, 1.165) is 4.47 Å². The number of carbonyl (C=O) groups is 2. The van der Waals surface area contributed by atoms with E-state index < -0.39 is 16.7 Å². The highest BCUT2D eigenvalue weighted by Gasteiger charge is 2.17. The first-order valence-corrected chi connectivity index (χ1v) is 9.09. The number of nitrogens with zero attached hydrogens (tertiary/aromatic N) is 1. The van der Waals surface area contributed by atoms with Crippen molar-refractivity contribution in [3.8, 4) is 0 Å². The van der Waals surface area contributed by atoms with Gasteiger partial charge in [-0.25, -0.2) is 0 Å². The molecule has 0 saturated heterocycles. The molecule has 0 aliphatic carbocycles. The van der Waals surface area contributed by atoms with Crippen molar-refractivity contribution in [2.45, 2.75) is 0 Å². The van der Waals surface area contributed by atoms with Gasteiger partial charge in [0.2, 0.25) is 0 Å². The minimum Gasteiger partial charge on any atom is -0.459 e.